The van der Waals surface area contributed by atoms with E-state index >= 15 is 0 Å². The van der Waals surface area contributed by atoms with Gasteiger partial charge < -0.3 is 10.1 Å². The lowest BCUT2D eigenvalue weighted by atomic mass is 10.3. The first-order chi connectivity index (χ1) is 10.2. The lowest BCUT2D eigenvalue weighted by Crippen LogP contribution is -2.05. The maximum Gasteiger partial charge on any atom is 0.183 e. The number of ether oxygens (including phenoxy) is 1. The number of hydrogen-bond acceptors (Lipinski definition) is 5. The maximum absolute atomic E-state index is 5.51. The van der Waals surface area contributed by atoms with E-state index in [1.807, 2.05) is 49.1 Å². The number of nitrogens with one attached hydrogen (secondary N) is 1. The Morgan fingerprint density at radius 2 is 2.24 bits per heavy atom. The zero-order valence-corrected chi connectivity index (χ0v) is 13.0. The lowest BCUT2D eigenvalue weighted by molar-refractivity contribution is 0.341. The Kier molecular flexibility index (Phi) is 4.06. The number of aryl methyl sites for hydroxylation is 1. The summed E-state index contributed by atoms with van der Waals surface area (Å²) in [6, 6.07) is 8.04. The van der Waals surface area contributed by atoms with Crippen LogP contribution in [0.4, 0.5) is 5.13 Å². The van der Waals surface area contributed by atoms with Crippen LogP contribution in [0.2, 0.25) is 0 Å². The molecule has 3 rings (SSSR count). The molecular weight excluding hydrogens is 284 g/mol. The van der Waals surface area contributed by atoms with Crippen molar-refractivity contribution in [1.82, 2.24) is 14.8 Å². The minimum absolute atomic E-state index is 0.680. The molecule has 21 heavy (non-hydrogen) atoms. The number of thiazole rings is 1. The summed E-state index contributed by atoms with van der Waals surface area (Å²) in [6.45, 7) is 3.50. The van der Waals surface area contributed by atoms with E-state index in [9.17, 15) is 0 Å². The molecule has 0 saturated carbocycles. The number of anilines is 1. The molecule has 0 fully saturated rings. The van der Waals surface area contributed by atoms with Crippen molar-refractivity contribution in [3.63, 3.8) is 0 Å². The van der Waals surface area contributed by atoms with Gasteiger partial charge in [-0.2, -0.15) is 5.10 Å². The average molecular weight is 302 g/mol. The number of nitrogens with zero attached hydrogens (tertiary/aromatic N) is 3. The molecule has 0 aliphatic rings. The van der Waals surface area contributed by atoms with Crippen molar-refractivity contribution in [3.8, 4) is 5.75 Å². The van der Waals surface area contributed by atoms with E-state index in [0.29, 0.717) is 6.61 Å². The van der Waals surface area contributed by atoms with Gasteiger partial charge in [0.1, 0.15) is 5.75 Å². The second-order valence-corrected chi connectivity index (χ2v) is 5.77. The smallest absolute Gasteiger partial charge is 0.183 e. The van der Waals surface area contributed by atoms with E-state index in [0.717, 1.165) is 39.8 Å². The monoisotopic (exact) mass is 302 g/mol. The summed E-state index contributed by atoms with van der Waals surface area (Å²) in [5.74, 6) is 0.897. The first kappa shape index (κ1) is 13.9. The van der Waals surface area contributed by atoms with Crippen LogP contribution in [-0.2, 0) is 13.5 Å². The number of fused-ring (bicyclic) bond motifs is 1. The molecule has 0 bridgehead atoms. The minimum atomic E-state index is 0.680. The second-order valence-electron chi connectivity index (χ2n) is 4.74. The highest BCUT2D eigenvalue weighted by Gasteiger charge is 2.05. The Balaban J connectivity index is 1.64. The normalized spacial score (nSPS) is 11.0. The minimum Gasteiger partial charge on any atom is -0.494 e. The Bertz CT molecular complexity index is 734. The van der Waals surface area contributed by atoms with Crippen LogP contribution in [-0.4, -0.2) is 27.9 Å². The van der Waals surface area contributed by atoms with Gasteiger partial charge in [-0.25, -0.2) is 4.98 Å². The topological polar surface area (TPSA) is 52.0 Å². The number of hydrogen-bond donors (Lipinski definition) is 1. The highest BCUT2D eigenvalue weighted by Crippen LogP contribution is 2.29. The van der Waals surface area contributed by atoms with Gasteiger partial charge in [0.25, 0.3) is 0 Å². The molecular formula is C15H18N4OS. The van der Waals surface area contributed by atoms with Gasteiger partial charge in [-0.3, -0.25) is 4.68 Å². The summed E-state index contributed by atoms with van der Waals surface area (Å²) in [6.07, 6.45) is 2.85. The maximum atomic E-state index is 5.51. The van der Waals surface area contributed by atoms with Crippen LogP contribution in [0.25, 0.3) is 10.2 Å². The molecule has 0 spiro atoms. The van der Waals surface area contributed by atoms with Gasteiger partial charge >= 0.3 is 0 Å². The molecule has 6 heteroatoms. The molecule has 0 amide bonds. The fourth-order valence-corrected chi connectivity index (χ4v) is 3.05. The Morgan fingerprint density at radius 3 is 3.00 bits per heavy atom. The van der Waals surface area contributed by atoms with Crippen molar-refractivity contribution in [2.75, 3.05) is 18.5 Å². The van der Waals surface area contributed by atoms with Gasteiger partial charge in [0.05, 0.1) is 22.5 Å². The highest BCUT2D eigenvalue weighted by molar-refractivity contribution is 7.22. The molecule has 2 aromatic heterocycles. The fourth-order valence-electron chi connectivity index (χ4n) is 2.13. The third kappa shape index (κ3) is 3.33. The van der Waals surface area contributed by atoms with Crippen LogP contribution in [0, 0.1) is 0 Å². The summed E-state index contributed by atoms with van der Waals surface area (Å²) in [4.78, 5) is 4.58. The van der Waals surface area contributed by atoms with Crippen LogP contribution in [0.1, 0.15) is 12.6 Å². The van der Waals surface area contributed by atoms with E-state index in [2.05, 4.69) is 15.4 Å². The zero-order valence-electron chi connectivity index (χ0n) is 12.2. The van der Waals surface area contributed by atoms with E-state index in [1.165, 1.54) is 0 Å². The highest BCUT2D eigenvalue weighted by atomic mass is 32.1. The van der Waals surface area contributed by atoms with Crippen molar-refractivity contribution >= 4 is 26.7 Å². The first-order valence-electron chi connectivity index (χ1n) is 7.00. The summed E-state index contributed by atoms with van der Waals surface area (Å²) >= 11 is 1.65. The molecule has 0 aliphatic carbocycles. The van der Waals surface area contributed by atoms with Gasteiger partial charge in [-0.1, -0.05) is 11.3 Å². The Hall–Kier alpha value is -2.08. The summed E-state index contributed by atoms with van der Waals surface area (Å²) in [5.41, 5.74) is 2.09. The van der Waals surface area contributed by atoms with Crippen molar-refractivity contribution in [2.24, 2.45) is 7.05 Å². The molecule has 2 heterocycles. The van der Waals surface area contributed by atoms with Gasteiger partial charge in [-0.15, -0.1) is 0 Å². The predicted octanol–water partition coefficient (Wildman–Crippen LogP) is 3.08. The number of rotatable bonds is 6. The van der Waals surface area contributed by atoms with Crippen molar-refractivity contribution in [1.29, 1.82) is 0 Å². The SMILES string of the molecule is CCOc1ccc2nc(NCCc3ccn(C)n3)sc2c1. The largest absolute Gasteiger partial charge is 0.494 e. The molecule has 0 aliphatic heterocycles. The molecule has 0 unspecified atom stereocenters. The molecule has 5 nitrogen and oxygen atoms in total. The lowest BCUT2D eigenvalue weighted by Gasteiger charge is -2.00. The van der Waals surface area contributed by atoms with Gasteiger partial charge in [-0.05, 0) is 31.2 Å². The van der Waals surface area contributed by atoms with Gasteiger partial charge in [0.2, 0.25) is 0 Å². The molecule has 3 aromatic rings. The second kappa shape index (κ2) is 6.13. The molecule has 110 valence electrons. The standard InChI is InChI=1S/C15H18N4OS/c1-3-20-12-4-5-13-14(10-12)21-15(17-13)16-8-6-11-7-9-19(2)18-11/h4-5,7,9-10H,3,6,8H2,1-2H3,(H,16,17). The van der Waals surface area contributed by atoms with E-state index in [1.54, 1.807) is 11.3 Å². The Labute approximate surface area is 127 Å². The summed E-state index contributed by atoms with van der Waals surface area (Å²) in [7, 11) is 1.93. The third-order valence-corrected chi connectivity index (χ3v) is 4.07. The van der Waals surface area contributed by atoms with Gasteiger partial charge in [0.15, 0.2) is 5.13 Å². The summed E-state index contributed by atoms with van der Waals surface area (Å²) in [5, 5.41) is 8.66. The molecule has 1 N–H and O–H groups in total. The van der Waals surface area contributed by atoms with Crippen molar-refractivity contribution in [3.05, 3.63) is 36.2 Å². The average Bonchev–Trinajstić information content (AvgIpc) is 3.05. The quantitative estimate of drug-likeness (QED) is 0.760. The Morgan fingerprint density at radius 1 is 1.33 bits per heavy atom. The number of benzene rings is 1. The molecule has 0 saturated heterocycles. The molecule has 0 atom stereocenters. The van der Waals surface area contributed by atoms with Gasteiger partial charge in [0, 0.05) is 26.2 Å². The van der Waals surface area contributed by atoms with E-state index < -0.39 is 0 Å². The first-order valence-corrected chi connectivity index (χ1v) is 7.82. The zero-order chi connectivity index (χ0) is 14.7. The van der Waals surface area contributed by atoms with Crippen molar-refractivity contribution in [2.45, 2.75) is 13.3 Å². The third-order valence-electron chi connectivity index (χ3n) is 3.10. The molecule has 0 radical (unpaired) electrons. The van der Waals surface area contributed by atoms with Crippen LogP contribution >= 0.6 is 11.3 Å². The van der Waals surface area contributed by atoms with Crippen LogP contribution in [0.3, 0.4) is 0 Å². The number of aromatic nitrogens is 3. The predicted molar refractivity (Wildman–Crippen MR) is 86.2 cm³/mol. The molecule has 1 aromatic carbocycles. The fraction of sp³-hybridized carbons (Fsp3) is 0.333. The van der Waals surface area contributed by atoms with Crippen LogP contribution in [0.5, 0.6) is 5.75 Å². The van der Waals surface area contributed by atoms with E-state index in [4.69, 9.17) is 4.74 Å². The van der Waals surface area contributed by atoms with Crippen molar-refractivity contribution < 1.29 is 4.74 Å². The van der Waals surface area contributed by atoms with E-state index in [-0.39, 0.29) is 0 Å². The van der Waals surface area contributed by atoms with Crippen LogP contribution < -0.4 is 10.1 Å². The summed E-state index contributed by atoms with van der Waals surface area (Å²) < 4.78 is 8.47. The van der Waals surface area contributed by atoms with Crippen LogP contribution in [0.15, 0.2) is 30.5 Å².